The normalized spacial score (nSPS) is 18.5. The maximum atomic E-state index is 4.49. The van der Waals surface area contributed by atoms with Crippen molar-refractivity contribution in [2.45, 2.75) is 123 Å². The first-order chi connectivity index (χ1) is 16.3. The van der Waals surface area contributed by atoms with Crippen LogP contribution in [0.5, 0.6) is 0 Å². The number of rotatable bonds is 15. The van der Waals surface area contributed by atoms with Gasteiger partial charge in [0.05, 0.1) is 11.4 Å². The molecule has 2 aromatic rings. The summed E-state index contributed by atoms with van der Waals surface area (Å²) in [5.41, 5.74) is 4.77. The van der Waals surface area contributed by atoms with Crippen molar-refractivity contribution in [2.24, 2.45) is 11.8 Å². The van der Waals surface area contributed by atoms with E-state index >= 15 is 0 Å². The molecular formula is C31H48N2. The Morgan fingerprint density at radius 1 is 0.606 bits per heavy atom. The number of aromatic nitrogens is 2. The van der Waals surface area contributed by atoms with Crippen LogP contribution in [0, 0.1) is 11.8 Å². The molecule has 0 amide bonds. The van der Waals surface area contributed by atoms with Gasteiger partial charge in [-0.1, -0.05) is 122 Å². The van der Waals surface area contributed by atoms with Gasteiger partial charge < -0.3 is 0 Å². The average Bonchev–Trinajstić information content (AvgIpc) is 2.87. The molecule has 0 aliphatic heterocycles. The van der Waals surface area contributed by atoms with E-state index in [0.717, 1.165) is 29.6 Å². The van der Waals surface area contributed by atoms with Crippen LogP contribution < -0.4 is 0 Å². The second-order valence-corrected chi connectivity index (χ2v) is 10.5. The van der Waals surface area contributed by atoms with Gasteiger partial charge in [0.1, 0.15) is 0 Å². The molecule has 0 spiro atoms. The fraction of sp³-hybridized carbons (Fsp3) is 0.677. The monoisotopic (exact) mass is 448 g/mol. The van der Waals surface area contributed by atoms with Crippen LogP contribution in [-0.4, -0.2) is 10.2 Å². The fourth-order valence-electron chi connectivity index (χ4n) is 5.44. The lowest BCUT2D eigenvalue weighted by Crippen LogP contribution is -2.15. The third kappa shape index (κ3) is 9.59. The molecule has 0 unspecified atom stereocenters. The average molecular weight is 449 g/mol. The third-order valence-corrected chi connectivity index (χ3v) is 7.78. The van der Waals surface area contributed by atoms with E-state index in [-0.39, 0.29) is 0 Å². The van der Waals surface area contributed by atoms with Gasteiger partial charge in [-0.25, -0.2) is 0 Å². The number of hydrogen-bond donors (Lipinski definition) is 0. The minimum atomic E-state index is 0.941. The zero-order valence-corrected chi connectivity index (χ0v) is 21.5. The third-order valence-electron chi connectivity index (χ3n) is 7.78. The number of nitrogens with zero attached hydrogens (tertiary/aromatic N) is 2. The first-order valence-corrected chi connectivity index (χ1v) is 14.2. The van der Waals surface area contributed by atoms with E-state index in [9.17, 15) is 0 Å². The lowest BCUT2D eigenvalue weighted by molar-refractivity contribution is 0.248. The molecule has 1 aliphatic carbocycles. The molecule has 1 aliphatic rings. The molecule has 1 fully saturated rings. The quantitative estimate of drug-likeness (QED) is 0.254. The van der Waals surface area contributed by atoms with Crippen molar-refractivity contribution >= 4 is 0 Å². The summed E-state index contributed by atoms with van der Waals surface area (Å²) >= 11 is 0. The highest BCUT2D eigenvalue weighted by atomic mass is 15.1. The lowest BCUT2D eigenvalue weighted by atomic mass is 9.77. The van der Waals surface area contributed by atoms with Crippen molar-refractivity contribution in [1.82, 2.24) is 10.2 Å². The summed E-state index contributed by atoms with van der Waals surface area (Å²) in [5, 5.41) is 8.95. The van der Waals surface area contributed by atoms with Crippen LogP contribution >= 0.6 is 0 Å². The predicted molar refractivity (Wildman–Crippen MR) is 142 cm³/mol. The van der Waals surface area contributed by atoms with Gasteiger partial charge in [0.25, 0.3) is 0 Å². The summed E-state index contributed by atoms with van der Waals surface area (Å²) in [6, 6.07) is 13.4. The molecule has 0 saturated heterocycles. The zero-order valence-electron chi connectivity index (χ0n) is 21.5. The van der Waals surface area contributed by atoms with Gasteiger partial charge in [-0.15, -0.1) is 0 Å². The van der Waals surface area contributed by atoms with Gasteiger partial charge in [0.15, 0.2) is 0 Å². The Bertz CT molecular complexity index is 741. The Hall–Kier alpha value is -1.70. The van der Waals surface area contributed by atoms with Crippen LogP contribution in [0.2, 0.25) is 0 Å². The Balaban J connectivity index is 1.35. The van der Waals surface area contributed by atoms with E-state index in [2.05, 4.69) is 60.4 Å². The molecule has 0 radical (unpaired) electrons. The topological polar surface area (TPSA) is 25.8 Å². The Labute approximate surface area is 204 Å². The van der Waals surface area contributed by atoms with E-state index in [0.29, 0.717) is 0 Å². The van der Waals surface area contributed by atoms with Crippen molar-refractivity contribution in [3.63, 3.8) is 0 Å². The highest BCUT2D eigenvalue weighted by Crippen LogP contribution is 2.34. The molecule has 0 N–H and O–H groups in total. The molecule has 1 heterocycles. The summed E-state index contributed by atoms with van der Waals surface area (Å²) in [6.07, 6.45) is 23.2. The molecule has 2 nitrogen and oxygen atoms in total. The maximum Gasteiger partial charge on any atom is 0.0929 e. The van der Waals surface area contributed by atoms with Crippen molar-refractivity contribution < 1.29 is 0 Å². The number of aryl methyl sites for hydroxylation is 2. The predicted octanol–water partition coefficient (Wildman–Crippen LogP) is 9.37. The van der Waals surface area contributed by atoms with Crippen LogP contribution in [0.3, 0.4) is 0 Å². The van der Waals surface area contributed by atoms with E-state index in [1.165, 1.54) is 114 Å². The minimum absolute atomic E-state index is 0.941. The van der Waals surface area contributed by atoms with Crippen LogP contribution in [0.1, 0.15) is 121 Å². The Morgan fingerprint density at radius 2 is 1.24 bits per heavy atom. The van der Waals surface area contributed by atoms with E-state index in [4.69, 9.17) is 0 Å². The molecule has 1 saturated carbocycles. The maximum absolute atomic E-state index is 4.49. The molecule has 2 heteroatoms. The standard InChI is InChI=1S/C31H48N2/c1-3-5-7-9-10-12-26-14-16-27(17-15-26)18-19-28-20-22-29(23-21-28)31-25-24-30(32-33-31)13-11-8-6-4-2/h20-27H,3-19H2,1-2H3. The molecule has 0 bridgehead atoms. The molecule has 182 valence electrons. The summed E-state index contributed by atoms with van der Waals surface area (Å²) in [5.74, 6) is 1.96. The summed E-state index contributed by atoms with van der Waals surface area (Å²) in [6.45, 7) is 4.56. The fourth-order valence-corrected chi connectivity index (χ4v) is 5.44. The van der Waals surface area contributed by atoms with E-state index in [1.54, 1.807) is 0 Å². The first kappa shape index (κ1) is 25.9. The molecule has 1 aromatic heterocycles. The van der Waals surface area contributed by atoms with Crippen LogP contribution in [0.15, 0.2) is 36.4 Å². The van der Waals surface area contributed by atoms with E-state index in [1.807, 2.05) is 0 Å². The highest BCUT2D eigenvalue weighted by Gasteiger charge is 2.20. The van der Waals surface area contributed by atoms with Crippen molar-refractivity contribution in [2.75, 3.05) is 0 Å². The van der Waals surface area contributed by atoms with Crippen LogP contribution in [-0.2, 0) is 12.8 Å². The summed E-state index contributed by atoms with van der Waals surface area (Å²) < 4.78 is 0. The van der Waals surface area contributed by atoms with Gasteiger partial charge in [0, 0.05) is 5.56 Å². The summed E-state index contributed by atoms with van der Waals surface area (Å²) in [7, 11) is 0. The Kier molecular flexibility index (Phi) is 12.0. The SMILES string of the molecule is CCCCCCCC1CCC(CCc2ccc(-c3ccc(CCCCCC)nn3)cc2)CC1. The molecule has 0 atom stereocenters. The molecule has 1 aromatic carbocycles. The number of unbranched alkanes of at least 4 members (excludes halogenated alkanes) is 7. The van der Waals surface area contributed by atoms with Gasteiger partial charge in [-0.2, -0.15) is 10.2 Å². The van der Waals surface area contributed by atoms with Gasteiger partial charge in [0.2, 0.25) is 0 Å². The van der Waals surface area contributed by atoms with E-state index < -0.39 is 0 Å². The van der Waals surface area contributed by atoms with Crippen molar-refractivity contribution in [1.29, 1.82) is 0 Å². The Morgan fingerprint density at radius 3 is 1.88 bits per heavy atom. The minimum Gasteiger partial charge on any atom is -0.155 e. The smallest absolute Gasteiger partial charge is 0.0929 e. The van der Waals surface area contributed by atoms with Crippen LogP contribution in [0.25, 0.3) is 11.3 Å². The molecule has 3 rings (SSSR count). The highest BCUT2D eigenvalue weighted by molar-refractivity contribution is 5.58. The number of hydrogen-bond acceptors (Lipinski definition) is 2. The molecular weight excluding hydrogens is 400 g/mol. The molecule has 33 heavy (non-hydrogen) atoms. The second kappa shape index (κ2) is 15.3. The first-order valence-electron chi connectivity index (χ1n) is 14.2. The number of benzene rings is 1. The van der Waals surface area contributed by atoms with Gasteiger partial charge >= 0.3 is 0 Å². The van der Waals surface area contributed by atoms with Crippen molar-refractivity contribution in [3.8, 4) is 11.3 Å². The van der Waals surface area contributed by atoms with Gasteiger partial charge in [-0.05, 0) is 55.2 Å². The van der Waals surface area contributed by atoms with Gasteiger partial charge in [-0.3, -0.25) is 0 Å². The summed E-state index contributed by atoms with van der Waals surface area (Å²) in [4.78, 5) is 0. The van der Waals surface area contributed by atoms with Crippen molar-refractivity contribution in [3.05, 3.63) is 47.7 Å². The lowest BCUT2D eigenvalue weighted by Gasteiger charge is -2.28. The van der Waals surface area contributed by atoms with Crippen LogP contribution in [0.4, 0.5) is 0 Å². The largest absolute Gasteiger partial charge is 0.155 e. The zero-order chi connectivity index (χ0) is 23.1. The second-order valence-electron chi connectivity index (χ2n) is 10.5.